The lowest BCUT2D eigenvalue weighted by molar-refractivity contribution is 0.456. The third kappa shape index (κ3) is 7.64. The van der Waals surface area contributed by atoms with Gasteiger partial charge in [-0.25, -0.2) is 13.1 Å². The maximum absolute atomic E-state index is 10.8. The van der Waals surface area contributed by atoms with E-state index < -0.39 is 10.0 Å². The Morgan fingerprint density at radius 2 is 2.00 bits per heavy atom. The zero-order chi connectivity index (χ0) is 8.91. The molecule has 0 aliphatic carbocycles. The topological polar surface area (TPSA) is 49.4 Å². The first kappa shape index (κ1) is 14.1. The molecule has 0 aromatic rings. The van der Waals surface area contributed by atoms with Gasteiger partial charge in [0.2, 0.25) is 10.0 Å². The highest BCUT2D eigenvalue weighted by Crippen LogP contribution is 1.85. The lowest BCUT2D eigenvalue weighted by atomic mass is 10.6. The van der Waals surface area contributed by atoms with Crippen LogP contribution in [0.2, 0.25) is 0 Å². The first-order valence-electron chi connectivity index (χ1n) is 3.23. The monoisotopic (exact) mass is 200 g/mol. The molecule has 0 radical (unpaired) electrons. The predicted molar refractivity (Wildman–Crippen MR) is 50.3 cm³/mol. The van der Waals surface area contributed by atoms with Gasteiger partial charge in [0.25, 0.3) is 0 Å². The fourth-order valence-corrected chi connectivity index (χ4v) is 0.924. The number of likely N-dealkylation sites (N-methyl/N-ethyl adjacent to an activating group) is 1. The summed E-state index contributed by atoms with van der Waals surface area (Å²) in [6.07, 6.45) is 1.59. The normalized spacial score (nSPS) is 12.0. The summed E-state index contributed by atoms with van der Waals surface area (Å²) in [6, 6.07) is 0. The molecule has 0 bridgehead atoms. The highest BCUT2D eigenvalue weighted by molar-refractivity contribution is 7.92. The van der Waals surface area contributed by atoms with E-state index in [1.165, 1.54) is 7.05 Å². The Morgan fingerprint density at radius 1 is 1.50 bits per heavy atom. The van der Waals surface area contributed by atoms with Gasteiger partial charge >= 0.3 is 0 Å². The third-order valence-corrected chi connectivity index (χ3v) is 2.15. The number of nitrogens with zero attached hydrogens (tertiary/aromatic N) is 1. The van der Waals surface area contributed by atoms with Crippen LogP contribution in [0, 0.1) is 0 Å². The van der Waals surface area contributed by atoms with Crippen molar-refractivity contribution in [2.45, 2.75) is 0 Å². The Hall–Kier alpha value is -0.460. The molecule has 0 aliphatic rings. The molecule has 12 heavy (non-hydrogen) atoms. The minimum absolute atomic E-state index is 0. The zero-order valence-corrected chi connectivity index (χ0v) is 8.26. The maximum atomic E-state index is 10.8. The summed E-state index contributed by atoms with van der Waals surface area (Å²) in [4.78, 5) is 1.88. The van der Waals surface area contributed by atoms with E-state index >= 15 is 0 Å². The van der Waals surface area contributed by atoms with Gasteiger partial charge in [0.05, 0.1) is 0 Å². The van der Waals surface area contributed by atoms with Crippen molar-refractivity contribution < 1.29 is 14.5 Å². The second kappa shape index (κ2) is 6.10. The fourth-order valence-electron chi connectivity index (χ4n) is 0.449. The van der Waals surface area contributed by atoms with Crippen molar-refractivity contribution in [2.24, 2.45) is 0 Å². The van der Waals surface area contributed by atoms with Gasteiger partial charge in [-0.2, -0.15) is 0 Å². The molecule has 0 aliphatic heterocycles. The number of halogens is 1. The van der Waals surface area contributed by atoms with E-state index in [0.717, 1.165) is 5.41 Å². The van der Waals surface area contributed by atoms with Crippen LogP contribution < -0.4 is 4.72 Å². The Kier molecular flexibility index (Phi) is 7.16. The third-order valence-electron chi connectivity index (χ3n) is 1.03. The number of sulfonamides is 1. The van der Waals surface area contributed by atoms with Crippen molar-refractivity contribution >= 4 is 10.0 Å². The van der Waals surface area contributed by atoms with Crippen LogP contribution in [0.3, 0.4) is 0 Å². The molecule has 0 atom stereocenters. The van der Waals surface area contributed by atoms with Gasteiger partial charge in [0.15, 0.2) is 0 Å². The molecule has 4 nitrogen and oxygen atoms in total. The number of rotatable bonds is 4. The molecule has 76 valence electrons. The van der Waals surface area contributed by atoms with Gasteiger partial charge in [0, 0.05) is 13.4 Å². The summed E-state index contributed by atoms with van der Waals surface area (Å²) < 4.78 is 23.7. The van der Waals surface area contributed by atoms with Crippen molar-refractivity contribution in [3.05, 3.63) is 11.5 Å². The number of hydrogen-bond acceptors (Lipinski definition) is 3. The van der Waals surface area contributed by atoms with Gasteiger partial charge in [0.1, 0.15) is 0 Å². The van der Waals surface area contributed by atoms with Gasteiger partial charge in [-0.05, 0) is 21.1 Å². The summed E-state index contributed by atoms with van der Waals surface area (Å²) in [6.45, 7) is 0.626. The standard InChI is InChI=1S/C6H14N2O2S.FH.H2/c1-7-11(9,10)6-4-5-8(2)3;;/h4,6-7H,5H2,1-3H3;2*1H/b6-4+;;. The quantitative estimate of drug-likeness (QED) is 0.695. The van der Waals surface area contributed by atoms with Crippen molar-refractivity contribution in [2.75, 3.05) is 27.7 Å². The van der Waals surface area contributed by atoms with Gasteiger partial charge < -0.3 is 4.90 Å². The molecule has 1 N–H and O–H groups in total. The Morgan fingerprint density at radius 3 is 2.33 bits per heavy atom. The van der Waals surface area contributed by atoms with E-state index in [1.54, 1.807) is 6.08 Å². The molecule has 6 heteroatoms. The molecule has 0 aromatic heterocycles. The SMILES string of the molecule is CNS(=O)(=O)/C=C/CN(C)C.F.[HH]. The van der Waals surface area contributed by atoms with E-state index in [-0.39, 0.29) is 6.13 Å². The van der Waals surface area contributed by atoms with E-state index in [0.29, 0.717) is 6.54 Å². The number of nitrogens with one attached hydrogen (secondary N) is 1. The van der Waals surface area contributed by atoms with Crippen LogP contribution >= 0.6 is 0 Å². The van der Waals surface area contributed by atoms with Crippen LogP contribution in [0.15, 0.2) is 11.5 Å². The van der Waals surface area contributed by atoms with Gasteiger partial charge in [-0.3, -0.25) is 4.70 Å². The first-order valence-corrected chi connectivity index (χ1v) is 4.77. The molecule has 0 amide bonds. The van der Waals surface area contributed by atoms with E-state index in [4.69, 9.17) is 0 Å². The molecule has 0 saturated carbocycles. The van der Waals surface area contributed by atoms with E-state index in [9.17, 15) is 8.42 Å². The van der Waals surface area contributed by atoms with Crippen molar-refractivity contribution in [3.8, 4) is 0 Å². The summed E-state index contributed by atoms with van der Waals surface area (Å²) in [5.41, 5.74) is 0. The highest BCUT2D eigenvalue weighted by Gasteiger charge is 1.97. The summed E-state index contributed by atoms with van der Waals surface area (Å²) in [7, 11) is 1.95. The van der Waals surface area contributed by atoms with Crippen LogP contribution in [0.4, 0.5) is 4.70 Å². The van der Waals surface area contributed by atoms with Crippen LogP contribution in [0.5, 0.6) is 0 Å². The smallest absolute Gasteiger partial charge is 0.233 e. The summed E-state index contributed by atoms with van der Waals surface area (Å²) >= 11 is 0. The average molecular weight is 200 g/mol. The Bertz CT molecular complexity index is 229. The molecule has 0 rings (SSSR count). The fraction of sp³-hybridized carbons (Fsp3) is 0.667. The molecule has 0 spiro atoms. The molecule has 0 fully saturated rings. The second-order valence-corrected chi connectivity index (χ2v) is 4.15. The summed E-state index contributed by atoms with van der Waals surface area (Å²) in [5, 5.41) is 1.16. The van der Waals surface area contributed by atoms with Crippen molar-refractivity contribution in [3.63, 3.8) is 0 Å². The molecule has 0 unspecified atom stereocenters. The molecule has 0 aromatic carbocycles. The van der Waals surface area contributed by atoms with Crippen LogP contribution in [0.25, 0.3) is 0 Å². The van der Waals surface area contributed by atoms with Gasteiger partial charge in [-0.1, -0.05) is 6.08 Å². The van der Waals surface area contributed by atoms with Crippen molar-refractivity contribution in [1.82, 2.24) is 9.62 Å². The molecule has 0 heterocycles. The molecule has 0 saturated heterocycles. The Balaban J connectivity index is -0.000000500. The lowest BCUT2D eigenvalue weighted by Crippen LogP contribution is -2.16. The first-order chi connectivity index (χ1) is 4.98. The van der Waals surface area contributed by atoms with Crippen molar-refractivity contribution in [1.29, 1.82) is 0 Å². The molecular formula is C6H17FN2O2S. The predicted octanol–water partition coefficient (Wildman–Crippen LogP) is 0.00940. The lowest BCUT2D eigenvalue weighted by Gasteiger charge is -2.03. The largest absolute Gasteiger partial charge is 0.306 e. The highest BCUT2D eigenvalue weighted by atomic mass is 32.2. The zero-order valence-electron chi connectivity index (χ0n) is 7.44. The summed E-state index contributed by atoms with van der Waals surface area (Å²) in [5.74, 6) is 0. The molecular weight excluding hydrogens is 183 g/mol. The van der Waals surface area contributed by atoms with E-state index in [1.807, 2.05) is 19.0 Å². The van der Waals surface area contributed by atoms with Crippen LogP contribution in [-0.4, -0.2) is 41.0 Å². The second-order valence-electron chi connectivity index (χ2n) is 2.38. The minimum atomic E-state index is -3.17. The van der Waals surface area contributed by atoms with Crippen LogP contribution in [-0.2, 0) is 10.0 Å². The number of hydrogen-bond donors (Lipinski definition) is 1. The maximum Gasteiger partial charge on any atom is 0.233 e. The average Bonchev–Trinajstić information content (AvgIpc) is 1.87. The van der Waals surface area contributed by atoms with Crippen LogP contribution in [0.1, 0.15) is 1.43 Å². The van der Waals surface area contributed by atoms with E-state index in [2.05, 4.69) is 4.72 Å². The Labute approximate surface area is 74.2 Å². The minimum Gasteiger partial charge on any atom is -0.306 e. The van der Waals surface area contributed by atoms with Gasteiger partial charge in [-0.15, -0.1) is 0 Å².